The third-order valence-electron chi connectivity index (χ3n) is 3.32. The molecule has 2 aromatic rings. The van der Waals surface area contributed by atoms with Gasteiger partial charge < -0.3 is 15.5 Å². The minimum Gasteiger partial charge on any atom is -0.399 e. The predicted octanol–water partition coefficient (Wildman–Crippen LogP) is 1.02. The van der Waals surface area contributed by atoms with Crippen molar-refractivity contribution in [2.45, 2.75) is 6.42 Å². The van der Waals surface area contributed by atoms with Crippen molar-refractivity contribution in [1.82, 2.24) is 14.9 Å². The quantitative estimate of drug-likeness (QED) is 0.793. The maximum atomic E-state index is 5.75. The molecule has 3 N–H and O–H groups in total. The molecule has 1 aromatic heterocycles. The fraction of sp³-hybridized carbons (Fsp3) is 0.462. The highest BCUT2D eigenvalue weighted by Gasteiger charge is 2.11. The molecule has 1 saturated heterocycles. The number of hydrogen-bond donors (Lipinski definition) is 2. The van der Waals surface area contributed by atoms with E-state index in [4.69, 9.17) is 10.5 Å². The van der Waals surface area contributed by atoms with Gasteiger partial charge in [-0.2, -0.15) is 0 Å². The topological polar surface area (TPSA) is 67.2 Å². The van der Waals surface area contributed by atoms with Gasteiger partial charge in [-0.05, 0) is 18.2 Å². The number of benzene rings is 1. The lowest BCUT2D eigenvalue weighted by Gasteiger charge is -2.25. The number of anilines is 1. The average Bonchev–Trinajstić information content (AvgIpc) is 2.79. The molecule has 5 heteroatoms. The summed E-state index contributed by atoms with van der Waals surface area (Å²) in [7, 11) is 0. The van der Waals surface area contributed by atoms with Crippen LogP contribution in [0.25, 0.3) is 11.0 Å². The van der Waals surface area contributed by atoms with Crippen molar-refractivity contribution in [3.8, 4) is 0 Å². The molecule has 0 bridgehead atoms. The molecule has 1 aliphatic heterocycles. The summed E-state index contributed by atoms with van der Waals surface area (Å²) in [5, 5.41) is 0. The molecule has 0 amide bonds. The first-order valence-corrected chi connectivity index (χ1v) is 6.35. The van der Waals surface area contributed by atoms with Gasteiger partial charge in [-0.3, -0.25) is 4.90 Å². The van der Waals surface area contributed by atoms with E-state index in [1.165, 1.54) is 0 Å². The summed E-state index contributed by atoms with van der Waals surface area (Å²) in [6.07, 6.45) is 0.939. The van der Waals surface area contributed by atoms with Crippen LogP contribution in [0.15, 0.2) is 18.2 Å². The van der Waals surface area contributed by atoms with Gasteiger partial charge in [-0.25, -0.2) is 4.98 Å². The lowest BCUT2D eigenvalue weighted by atomic mass is 10.3. The highest BCUT2D eigenvalue weighted by Crippen LogP contribution is 2.15. The zero-order valence-electron chi connectivity index (χ0n) is 10.4. The Morgan fingerprint density at radius 2 is 2.17 bits per heavy atom. The molecule has 1 aliphatic rings. The van der Waals surface area contributed by atoms with E-state index in [2.05, 4.69) is 14.9 Å². The fourth-order valence-electron chi connectivity index (χ4n) is 2.29. The second-order valence-corrected chi connectivity index (χ2v) is 4.66. The van der Waals surface area contributed by atoms with E-state index in [0.29, 0.717) is 0 Å². The second kappa shape index (κ2) is 4.96. The number of morpholine rings is 1. The lowest BCUT2D eigenvalue weighted by Crippen LogP contribution is -2.37. The molecule has 1 aromatic carbocycles. The van der Waals surface area contributed by atoms with Gasteiger partial charge in [0.05, 0.1) is 24.2 Å². The minimum absolute atomic E-state index is 0.769. The van der Waals surface area contributed by atoms with Gasteiger partial charge in [-0.15, -0.1) is 0 Å². The Bertz CT molecular complexity index is 531. The number of aromatic amines is 1. The molecule has 3 rings (SSSR count). The third-order valence-corrected chi connectivity index (χ3v) is 3.32. The van der Waals surface area contributed by atoms with E-state index in [-0.39, 0.29) is 0 Å². The van der Waals surface area contributed by atoms with Crippen LogP contribution in [-0.4, -0.2) is 47.7 Å². The van der Waals surface area contributed by atoms with Gasteiger partial charge in [-0.1, -0.05) is 0 Å². The molecule has 2 heterocycles. The fourth-order valence-corrected chi connectivity index (χ4v) is 2.29. The van der Waals surface area contributed by atoms with E-state index >= 15 is 0 Å². The largest absolute Gasteiger partial charge is 0.399 e. The highest BCUT2D eigenvalue weighted by atomic mass is 16.5. The first-order chi connectivity index (χ1) is 8.81. The molecule has 18 heavy (non-hydrogen) atoms. The van der Waals surface area contributed by atoms with Gasteiger partial charge in [0.25, 0.3) is 0 Å². The van der Waals surface area contributed by atoms with Gasteiger partial charge >= 0.3 is 0 Å². The van der Waals surface area contributed by atoms with Crippen LogP contribution in [0.1, 0.15) is 5.82 Å². The Kier molecular flexibility index (Phi) is 3.17. The van der Waals surface area contributed by atoms with Gasteiger partial charge in [0.2, 0.25) is 0 Å². The smallest absolute Gasteiger partial charge is 0.108 e. The van der Waals surface area contributed by atoms with Crippen LogP contribution in [0.5, 0.6) is 0 Å². The molecular weight excluding hydrogens is 228 g/mol. The second-order valence-electron chi connectivity index (χ2n) is 4.66. The number of aromatic nitrogens is 2. The highest BCUT2D eigenvalue weighted by molar-refractivity contribution is 5.78. The molecule has 1 fully saturated rings. The first kappa shape index (κ1) is 11.5. The van der Waals surface area contributed by atoms with Gasteiger partial charge in [0.1, 0.15) is 5.82 Å². The standard InChI is InChI=1S/C13H18N4O/c14-10-1-2-11-12(9-10)16-13(15-11)3-4-17-5-7-18-8-6-17/h1-2,9H,3-8,14H2,(H,15,16). The number of imidazole rings is 1. The first-order valence-electron chi connectivity index (χ1n) is 6.35. The molecule has 0 atom stereocenters. The van der Waals surface area contributed by atoms with Crippen molar-refractivity contribution in [2.75, 3.05) is 38.6 Å². The van der Waals surface area contributed by atoms with Crippen molar-refractivity contribution >= 4 is 16.7 Å². The maximum absolute atomic E-state index is 5.75. The Hall–Kier alpha value is -1.59. The van der Waals surface area contributed by atoms with Crippen LogP contribution in [0.3, 0.4) is 0 Å². The summed E-state index contributed by atoms with van der Waals surface area (Å²) in [5.74, 6) is 1.03. The summed E-state index contributed by atoms with van der Waals surface area (Å²) in [6, 6.07) is 5.77. The molecule has 5 nitrogen and oxygen atoms in total. The van der Waals surface area contributed by atoms with Crippen LogP contribution < -0.4 is 5.73 Å². The number of fused-ring (bicyclic) bond motifs is 1. The Balaban J connectivity index is 1.67. The molecule has 0 radical (unpaired) electrons. The molecular formula is C13H18N4O. The van der Waals surface area contributed by atoms with E-state index < -0.39 is 0 Å². The van der Waals surface area contributed by atoms with Crippen molar-refractivity contribution in [3.63, 3.8) is 0 Å². The van der Waals surface area contributed by atoms with Crippen molar-refractivity contribution in [1.29, 1.82) is 0 Å². The van der Waals surface area contributed by atoms with Crippen LogP contribution in [0.4, 0.5) is 5.69 Å². The molecule has 0 spiro atoms. The minimum atomic E-state index is 0.769. The number of nitrogens with two attached hydrogens (primary N) is 1. The average molecular weight is 246 g/mol. The third kappa shape index (κ3) is 2.47. The Morgan fingerprint density at radius 3 is 3.00 bits per heavy atom. The Labute approximate surface area is 106 Å². The summed E-state index contributed by atoms with van der Waals surface area (Å²) >= 11 is 0. The van der Waals surface area contributed by atoms with Crippen molar-refractivity contribution in [2.24, 2.45) is 0 Å². The van der Waals surface area contributed by atoms with E-state index in [9.17, 15) is 0 Å². The van der Waals surface area contributed by atoms with Gasteiger partial charge in [0.15, 0.2) is 0 Å². The zero-order chi connectivity index (χ0) is 12.4. The number of ether oxygens (including phenoxy) is 1. The van der Waals surface area contributed by atoms with Crippen LogP contribution in [-0.2, 0) is 11.2 Å². The normalized spacial score (nSPS) is 17.3. The van der Waals surface area contributed by atoms with E-state index in [0.717, 1.165) is 61.8 Å². The van der Waals surface area contributed by atoms with E-state index in [1.807, 2.05) is 18.2 Å². The molecule has 96 valence electrons. The van der Waals surface area contributed by atoms with Gasteiger partial charge in [0, 0.05) is 31.7 Å². The van der Waals surface area contributed by atoms with Crippen molar-refractivity contribution in [3.05, 3.63) is 24.0 Å². The van der Waals surface area contributed by atoms with Crippen LogP contribution in [0, 0.1) is 0 Å². The SMILES string of the molecule is Nc1ccc2nc(CCN3CCOCC3)[nH]c2c1. The van der Waals surface area contributed by atoms with Crippen LogP contribution >= 0.6 is 0 Å². The van der Waals surface area contributed by atoms with E-state index in [1.54, 1.807) is 0 Å². The summed E-state index contributed by atoms with van der Waals surface area (Å²) in [5.41, 5.74) is 8.53. The summed E-state index contributed by atoms with van der Waals surface area (Å²) in [6.45, 7) is 4.76. The lowest BCUT2D eigenvalue weighted by molar-refractivity contribution is 0.0382. The van der Waals surface area contributed by atoms with Crippen molar-refractivity contribution < 1.29 is 4.74 Å². The van der Waals surface area contributed by atoms with Crippen LogP contribution in [0.2, 0.25) is 0 Å². The Morgan fingerprint density at radius 1 is 1.33 bits per heavy atom. The number of H-pyrrole nitrogens is 1. The zero-order valence-corrected chi connectivity index (χ0v) is 10.4. The monoisotopic (exact) mass is 246 g/mol. The summed E-state index contributed by atoms with van der Waals surface area (Å²) in [4.78, 5) is 10.3. The summed E-state index contributed by atoms with van der Waals surface area (Å²) < 4.78 is 5.33. The number of hydrogen-bond acceptors (Lipinski definition) is 4. The molecule has 0 unspecified atom stereocenters. The predicted molar refractivity (Wildman–Crippen MR) is 71.5 cm³/mol. The molecule has 0 aliphatic carbocycles. The number of nitrogens with one attached hydrogen (secondary N) is 1. The maximum Gasteiger partial charge on any atom is 0.108 e. The molecule has 0 saturated carbocycles. The number of nitrogens with zero attached hydrogens (tertiary/aromatic N) is 2. The number of nitrogen functional groups attached to an aromatic ring is 1. The number of rotatable bonds is 3.